The number of carbonyl (C=O) groups is 1. The summed E-state index contributed by atoms with van der Waals surface area (Å²) >= 11 is 0. The van der Waals surface area contributed by atoms with E-state index < -0.39 is 10.0 Å². The van der Waals surface area contributed by atoms with Crippen LogP contribution in [0.25, 0.3) is 0 Å². The molecular formula is C24H29N3O4S. The lowest BCUT2D eigenvalue weighted by atomic mass is 9.82. The number of piperidine rings is 2. The van der Waals surface area contributed by atoms with Crippen LogP contribution < -0.4 is 5.56 Å². The normalized spacial score (nSPS) is 24.2. The molecule has 2 fully saturated rings. The second kappa shape index (κ2) is 8.15. The summed E-state index contributed by atoms with van der Waals surface area (Å²) in [5.74, 6) is 0.490. The predicted octanol–water partition coefficient (Wildman–Crippen LogP) is 2.20. The quantitative estimate of drug-likeness (QED) is 0.711. The zero-order valence-electron chi connectivity index (χ0n) is 18.3. The molecule has 4 heterocycles. The Morgan fingerprint density at radius 1 is 0.969 bits per heavy atom. The van der Waals surface area contributed by atoms with E-state index in [1.165, 1.54) is 4.31 Å². The summed E-state index contributed by atoms with van der Waals surface area (Å²) in [5.41, 5.74) is 2.09. The van der Waals surface area contributed by atoms with Crippen molar-refractivity contribution >= 4 is 15.9 Å². The molecule has 2 saturated heterocycles. The molecule has 32 heavy (non-hydrogen) atoms. The molecule has 170 valence electrons. The first-order valence-corrected chi connectivity index (χ1v) is 12.8. The Morgan fingerprint density at radius 2 is 1.69 bits per heavy atom. The number of benzene rings is 1. The number of hydrogen-bond donors (Lipinski definition) is 0. The van der Waals surface area contributed by atoms with E-state index in [0.717, 1.165) is 17.7 Å². The zero-order valence-corrected chi connectivity index (χ0v) is 19.1. The van der Waals surface area contributed by atoms with E-state index in [1.54, 1.807) is 24.3 Å². The number of sulfonamides is 1. The molecule has 2 aromatic rings. The van der Waals surface area contributed by atoms with Gasteiger partial charge in [0.2, 0.25) is 15.9 Å². The van der Waals surface area contributed by atoms with Gasteiger partial charge in [-0.25, -0.2) is 8.42 Å². The van der Waals surface area contributed by atoms with Crippen molar-refractivity contribution in [3.8, 4) is 0 Å². The third-order valence-electron chi connectivity index (χ3n) is 7.25. The summed E-state index contributed by atoms with van der Waals surface area (Å²) in [6.45, 7) is 4.65. The fourth-order valence-electron chi connectivity index (χ4n) is 5.54. The number of hydrogen-bond acceptors (Lipinski definition) is 4. The number of aromatic nitrogens is 1. The number of fused-ring (bicyclic) bond motifs is 4. The van der Waals surface area contributed by atoms with E-state index in [1.807, 2.05) is 34.6 Å². The second-order valence-electron chi connectivity index (χ2n) is 9.43. The lowest BCUT2D eigenvalue weighted by Gasteiger charge is -2.44. The number of carbonyl (C=O) groups excluding carboxylic acids is 1. The van der Waals surface area contributed by atoms with Crippen LogP contribution in [-0.4, -0.2) is 54.3 Å². The molecule has 1 aromatic heterocycles. The summed E-state index contributed by atoms with van der Waals surface area (Å²) in [4.78, 5) is 27.8. The maximum atomic E-state index is 13.3. The molecule has 2 atom stereocenters. The molecule has 0 spiro atoms. The van der Waals surface area contributed by atoms with Crippen LogP contribution in [0.4, 0.5) is 0 Å². The summed E-state index contributed by atoms with van der Waals surface area (Å²) < 4.78 is 29.3. The van der Waals surface area contributed by atoms with Crippen LogP contribution in [0.15, 0.2) is 52.2 Å². The maximum absolute atomic E-state index is 13.3. The monoisotopic (exact) mass is 455 g/mol. The molecule has 3 aliphatic rings. The van der Waals surface area contributed by atoms with Gasteiger partial charge in [0.25, 0.3) is 5.56 Å². The van der Waals surface area contributed by atoms with Gasteiger partial charge >= 0.3 is 0 Å². The predicted molar refractivity (Wildman–Crippen MR) is 121 cm³/mol. The van der Waals surface area contributed by atoms with Gasteiger partial charge in [0.15, 0.2) is 0 Å². The lowest BCUT2D eigenvalue weighted by Crippen LogP contribution is -2.52. The van der Waals surface area contributed by atoms with Gasteiger partial charge in [-0.2, -0.15) is 4.31 Å². The standard InChI is InChI=1S/C24H29N3O4S/c1-17-5-7-21(8-6-17)32(30,31)26-11-9-19(10-12-26)24(29)25-14-18-13-20(16-25)22-3-2-4-23(28)27(22)15-18/h2-8,18-20H,9-16H2,1H3/t18-,20-/m0/s1. The van der Waals surface area contributed by atoms with Crippen molar-refractivity contribution in [2.45, 2.75) is 43.5 Å². The fraction of sp³-hybridized carbons (Fsp3) is 0.500. The summed E-state index contributed by atoms with van der Waals surface area (Å²) in [7, 11) is -3.53. The molecule has 0 radical (unpaired) electrons. The van der Waals surface area contributed by atoms with E-state index >= 15 is 0 Å². The number of amides is 1. The molecular weight excluding hydrogens is 426 g/mol. The topological polar surface area (TPSA) is 79.7 Å². The maximum Gasteiger partial charge on any atom is 0.250 e. The number of nitrogens with zero attached hydrogens (tertiary/aromatic N) is 3. The van der Waals surface area contributed by atoms with Gasteiger partial charge in [-0.1, -0.05) is 23.8 Å². The highest BCUT2D eigenvalue weighted by atomic mass is 32.2. The molecule has 3 aliphatic heterocycles. The van der Waals surface area contributed by atoms with E-state index in [-0.39, 0.29) is 23.3 Å². The highest BCUT2D eigenvalue weighted by molar-refractivity contribution is 7.89. The molecule has 1 amide bonds. The summed E-state index contributed by atoms with van der Waals surface area (Å²) in [6, 6.07) is 12.3. The minimum Gasteiger partial charge on any atom is -0.341 e. The smallest absolute Gasteiger partial charge is 0.250 e. The highest BCUT2D eigenvalue weighted by Gasteiger charge is 2.39. The van der Waals surface area contributed by atoms with E-state index in [9.17, 15) is 18.0 Å². The number of aryl methyl sites for hydroxylation is 1. The SMILES string of the molecule is Cc1ccc(S(=O)(=O)N2CCC(C(=O)N3C[C@@H]4C[C@@H](C3)c3cccc(=O)n3C4)CC2)cc1. The Bertz CT molecular complexity index is 1180. The molecule has 2 bridgehead atoms. The van der Waals surface area contributed by atoms with Crippen LogP contribution in [-0.2, 0) is 21.4 Å². The van der Waals surface area contributed by atoms with Gasteiger partial charge in [-0.05, 0) is 50.3 Å². The Labute approximate surface area is 188 Å². The lowest BCUT2D eigenvalue weighted by molar-refractivity contribution is -0.139. The molecule has 5 rings (SSSR count). The molecule has 0 unspecified atom stereocenters. The third-order valence-corrected chi connectivity index (χ3v) is 9.17. The van der Waals surface area contributed by atoms with Gasteiger partial charge in [-0.15, -0.1) is 0 Å². The molecule has 0 N–H and O–H groups in total. The molecule has 8 heteroatoms. The Balaban J connectivity index is 1.25. The van der Waals surface area contributed by atoms with Crippen LogP contribution >= 0.6 is 0 Å². The minimum atomic E-state index is -3.53. The Morgan fingerprint density at radius 3 is 2.41 bits per heavy atom. The number of pyridine rings is 1. The van der Waals surface area contributed by atoms with Gasteiger partial charge in [-0.3, -0.25) is 9.59 Å². The molecule has 1 aromatic carbocycles. The van der Waals surface area contributed by atoms with Crippen LogP contribution in [0.1, 0.15) is 36.4 Å². The molecule has 0 saturated carbocycles. The number of rotatable bonds is 3. The van der Waals surface area contributed by atoms with Gasteiger partial charge in [0.05, 0.1) is 4.90 Å². The van der Waals surface area contributed by atoms with E-state index in [4.69, 9.17) is 0 Å². The first kappa shape index (κ1) is 21.4. The highest BCUT2D eigenvalue weighted by Crippen LogP contribution is 2.36. The van der Waals surface area contributed by atoms with Crippen molar-refractivity contribution < 1.29 is 13.2 Å². The fourth-order valence-corrected chi connectivity index (χ4v) is 7.01. The Hall–Kier alpha value is -2.45. The largest absolute Gasteiger partial charge is 0.341 e. The minimum absolute atomic E-state index is 0.0409. The summed E-state index contributed by atoms with van der Waals surface area (Å²) in [5, 5.41) is 0. The van der Waals surface area contributed by atoms with Crippen molar-refractivity contribution in [2.24, 2.45) is 11.8 Å². The van der Waals surface area contributed by atoms with Gasteiger partial charge < -0.3 is 9.47 Å². The van der Waals surface area contributed by atoms with Crippen molar-refractivity contribution in [2.75, 3.05) is 26.2 Å². The Kier molecular flexibility index (Phi) is 5.45. The van der Waals surface area contributed by atoms with E-state index in [0.29, 0.717) is 56.4 Å². The first-order valence-electron chi connectivity index (χ1n) is 11.4. The van der Waals surface area contributed by atoms with Crippen molar-refractivity contribution in [3.05, 3.63) is 64.1 Å². The average Bonchev–Trinajstić information content (AvgIpc) is 2.79. The van der Waals surface area contributed by atoms with Crippen LogP contribution in [0.2, 0.25) is 0 Å². The van der Waals surface area contributed by atoms with Crippen molar-refractivity contribution in [1.82, 2.24) is 13.8 Å². The second-order valence-corrected chi connectivity index (χ2v) is 11.4. The van der Waals surface area contributed by atoms with Crippen molar-refractivity contribution in [3.63, 3.8) is 0 Å². The van der Waals surface area contributed by atoms with Crippen LogP contribution in [0.5, 0.6) is 0 Å². The van der Waals surface area contributed by atoms with Crippen LogP contribution in [0, 0.1) is 18.8 Å². The van der Waals surface area contributed by atoms with Gasteiger partial charge in [0.1, 0.15) is 0 Å². The molecule has 0 aliphatic carbocycles. The van der Waals surface area contributed by atoms with E-state index in [2.05, 4.69) is 0 Å². The van der Waals surface area contributed by atoms with Crippen molar-refractivity contribution in [1.29, 1.82) is 0 Å². The van der Waals surface area contributed by atoms with Crippen LogP contribution in [0.3, 0.4) is 0 Å². The summed E-state index contributed by atoms with van der Waals surface area (Å²) in [6.07, 6.45) is 2.11. The average molecular weight is 456 g/mol. The number of likely N-dealkylation sites (tertiary alicyclic amines) is 1. The zero-order chi connectivity index (χ0) is 22.5. The first-order chi connectivity index (χ1) is 15.3. The molecule has 7 nitrogen and oxygen atoms in total. The third kappa shape index (κ3) is 3.79. The van der Waals surface area contributed by atoms with Gasteiger partial charge in [0, 0.05) is 56.3 Å².